The van der Waals surface area contributed by atoms with Crippen molar-refractivity contribution in [2.45, 2.75) is 25.3 Å². The summed E-state index contributed by atoms with van der Waals surface area (Å²) in [5.74, 6) is -4.15. The predicted octanol–water partition coefficient (Wildman–Crippen LogP) is -0.267. The number of amidine groups is 1. The summed E-state index contributed by atoms with van der Waals surface area (Å²) in [6.07, 6.45) is -1.25. The molecule has 134 valence electrons. The number of nitrogen functional groups attached to an aromatic ring is 1. The number of carboxylic acids is 2. The van der Waals surface area contributed by atoms with E-state index < -0.39 is 36.2 Å². The Morgan fingerprint density at radius 3 is 2.08 bits per heavy atom. The van der Waals surface area contributed by atoms with E-state index in [1.54, 1.807) is 24.3 Å². The summed E-state index contributed by atoms with van der Waals surface area (Å²) < 4.78 is 0. The zero-order valence-electron chi connectivity index (χ0n) is 13.1. The van der Waals surface area contributed by atoms with Gasteiger partial charge in [0, 0.05) is 24.1 Å². The molecule has 0 aliphatic rings. The minimum Gasteiger partial charge on any atom is -0.481 e. The Morgan fingerprint density at radius 1 is 1.04 bits per heavy atom. The Balaban J connectivity index is 2.47. The third kappa shape index (κ3) is 7.12. The van der Waals surface area contributed by atoms with Gasteiger partial charge in [-0.05, 0) is 24.3 Å². The molecule has 2 amide bonds. The average Bonchev–Trinajstić information content (AvgIpc) is 2.52. The molecule has 10 nitrogen and oxygen atoms in total. The number of benzene rings is 1. The zero-order chi connectivity index (χ0) is 19.0. The summed E-state index contributed by atoms with van der Waals surface area (Å²) in [6, 6.07) is 4.64. The van der Waals surface area contributed by atoms with E-state index in [9.17, 15) is 19.2 Å². The predicted molar refractivity (Wildman–Crippen MR) is 87.1 cm³/mol. The van der Waals surface area contributed by atoms with Gasteiger partial charge in [0.2, 0.25) is 11.8 Å². The maximum atomic E-state index is 11.8. The summed E-state index contributed by atoms with van der Waals surface area (Å²) in [5.41, 5.74) is 6.25. The maximum absolute atomic E-state index is 11.8. The van der Waals surface area contributed by atoms with E-state index >= 15 is 0 Å². The maximum Gasteiger partial charge on any atom is 0.326 e. The molecule has 0 bridgehead atoms. The van der Waals surface area contributed by atoms with Crippen molar-refractivity contribution in [1.82, 2.24) is 5.32 Å². The van der Waals surface area contributed by atoms with Crippen LogP contribution in [0.2, 0.25) is 0 Å². The molecule has 0 aliphatic carbocycles. The van der Waals surface area contributed by atoms with Crippen LogP contribution in [0.25, 0.3) is 0 Å². The number of nitrogens with two attached hydrogens (primary N) is 1. The standard InChI is InChI=1S/C15H18N4O6/c16-14(17)8-1-3-9(4-2-8)18-11(20)5-6-12(21)19-10(15(24)25)7-13(22)23/h1-4,10H,5-7H2,(H3,16,17)(H,18,20)(H,19,21)(H,22,23)(H,24,25)/t10-/m0/s1. The minimum atomic E-state index is -1.55. The second kappa shape index (κ2) is 9.01. The highest BCUT2D eigenvalue weighted by Gasteiger charge is 2.23. The SMILES string of the molecule is N=C(N)c1ccc(NC(=O)CCC(=O)N[C@@H](CC(=O)O)C(=O)O)cc1. The molecule has 1 aromatic rings. The molecule has 0 aromatic heterocycles. The molecule has 0 radical (unpaired) electrons. The van der Waals surface area contributed by atoms with Crippen molar-refractivity contribution in [1.29, 1.82) is 5.41 Å². The van der Waals surface area contributed by atoms with Crippen molar-refractivity contribution in [2.24, 2.45) is 5.73 Å². The topological polar surface area (TPSA) is 183 Å². The highest BCUT2D eigenvalue weighted by molar-refractivity contribution is 5.97. The molecule has 0 saturated heterocycles. The number of amides is 2. The van der Waals surface area contributed by atoms with Gasteiger partial charge in [-0.3, -0.25) is 19.8 Å². The summed E-state index contributed by atoms with van der Waals surface area (Å²) in [6.45, 7) is 0. The minimum absolute atomic E-state index is 0.108. The molecule has 1 atom stereocenters. The van der Waals surface area contributed by atoms with Crippen molar-refractivity contribution >= 4 is 35.3 Å². The summed E-state index contributed by atoms with van der Waals surface area (Å²) in [4.78, 5) is 44.8. The first-order valence-electron chi connectivity index (χ1n) is 7.17. The van der Waals surface area contributed by atoms with Crippen LogP contribution in [0.4, 0.5) is 5.69 Å². The Bertz CT molecular complexity index is 686. The largest absolute Gasteiger partial charge is 0.481 e. The lowest BCUT2D eigenvalue weighted by molar-refractivity contribution is -0.147. The van der Waals surface area contributed by atoms with Gasteiger partial charge >= 0.3 is 11.9 Å². The van der Waals surface area contributed by atoms with Crippen LogP contribution in [0.5, 0.6) is 0 Å². The first-order chi connectivity index (χ1) is 11.7. The molecule has 0 heterocycles. The van der Waals surface area contributed by atoms with Crippen LogP contribution in [0.3, 0.4) is 0 Å². The fourth-order valence-electron chi connectivity index (χ4n) is 1.82. The fourth-order valence-corrected chi connectivity index (χ4v) is 1.82. The van der Waals surface area contributed by atoms with Gasteiger partial charge in [-0.2, -0.15) is 0 Å². The first-order valence-corrected chi connectivity index (χ1v) is 7.17. The molecule has 0 fully saturated rings. The third-order valence-electron chi connectivity index (χ3n) is 3.07. The van der Waals surface area contributed by atoms with Crippen LogP contribution in [-0.2, 0) is 19.2 Å². The molecule has 25 heavy (non-hydrogen) atoms. The molecule has 0 aliphatic heterocycles. The number of aliphatic carboxylic acids is 2. The van der Waals surface area contributed by atoms with Gasteiger partial charge in [-0.25, -0.2) is 4.79 Å². The summed E-state index contributed by atoms with van der Waals surface area (Å²) in [5, 5.41) is 29.2. The first kappa shape index (κ1) is 19.6. The number of carbonyl (C=O) groups excluding carboxylic acids is 2. The van der Waals surface area contributed by atoms with Gasteiger partial charge in [0.15, 0.2) is 0 Å². The van der Waals surface area contributed by atoms with E-state index in [2.05, 4.69) is 10.6 Å². The number of nitrogens with one attached hydrogen (secondary N) is 3. The van der Waals surface area contributed by atoms with E-state index in [-0.39, 0.29) is 18.7 Å². The third-order valence-corrected chi connectivity index (χ3v) is 3.07. The van der Waals surface area contributed by atoms with E-state index in [0.29, 0.717) is 11.3 Å². The van der Waals surface area contributed by atoms with Crippen molar-refractivity contribution in [3.63, 3.8) is 0 Å². The molecular formula is C15H18N4O6. The highest BCUT2D eigenvalue weighted by Crippen LogP contribution is 2.10. The van der Waals surface area contributed by atoms with Gasteiger partial charge < -0.3 is 26.6 Å². The number of hydrogen-bond donors (Lipinski definition) is 6. The van der Waals surface area contributed by atoms with Crippen molar-refractivity contribution in [3.8, 4) is 0 Å². The lowest BCUT2D eigenvalue weighted by atomic mass is 10.2. The molecule has 0 saturated carbocycles. The molecule has 1 aromatic carbocycles. The van der Waals surface area contributed by atoms with Gasteiger partial charge in [0.05, 0.1) is 6.42 Å². The fraction of sp³-hybridized carbons (Fsp3) is 0.267. The van der Waals surface area contributed by atoms with Gasteiger partial charge in [0.1, 0.15) is 11.9 Å². The number of carboxylic acid groups (broad SMARTS) is 2. The number of carbonyl (C=O) groups is 4. The van der Waals surface area contributed by atoms with Crippen LogP contribution >= 0.6 is 0 Å². The Kier molecular flexibility index (Phi) is 7.07. The van der Waals surface area contributed by atoms with Crippen LogP contribution in [0, 0.1) is 5.41 Å². The lowest BCUT2D eigenvalue weighted by Gasteiger charge is -2.12. The zero-order valence-corrected chi connectivity index (χ0v) is 13.1. The molecular weight excluding hydrogens is 332 g/mol. The Hall–Kier alpha value is -3.43. The number of anilines is 1. The van der Waals surface area contributed by atoms with E-state index in [1.165, 1.54) is 0 Å². The molecule has 0 spiro atoms. The van der Waals surface area contributed by atoms with Crippen molar-refractivity contribution in [2.75, 3.05) is 5.32 Å². The second-order valence-electron chi connectivity index (χ2n) is 5.10. The van der Waals surface area contributed by atoms with Crippen LogP contribution < -0.4 is 16.4 Å². The molecule has 0 unspecified atom stereocenters. The van der Waals surface area contributed by atoms with Crippen molar-refractivity contribution < 1.29 is 29.4 Å². The van der Waals surface area contributed by atoms with E-state index in [4.69, 9.17) is 21.4 Å². The average molecular weight is 350 g/mol. The van der Waals surface area contributed by atoms with Gasteiger partial charge in [-0.15, -0.1) is 0 Å². The quantitative estimate of drug-likeness (QED) is 0.261. The van der Waals surface area contributed by atoms with Crippen LogP contribution in [0.1, 0.15) is 24.8 Å². The monoisotopic (exact) mass is 350 g/mol. The Labute approximate surface area is 142 Å². The number of rotatable bonds is 9. The lowest BCUT2D eigenvalue weighted by Crippen LogP contribution is -2.42. The van der Waals surface area contributed by atoms with E-state index in [1.807, 2.05) is 0 Å². The number of hydrogen-bond acceptors (Lipinski definition) is 5. The Morgan fingerprint density at radius 2 is 1.60 bits per heavy atom. The highest BCUT2D eigenvalue weighted by atomic mass is 16.4. The van der Waals surface area contributed by atoms with E-state index in [0.717, 1.165) is 0 Å². The van der Waals surface area contributed by atoms with Gasteiger partial charge in [-0.1, -0.05) is 0 Å². The molecule has 10 heteroatoms. The van der Waals surface area contributed by atoms with Gasteiger partial charge in [0.25, 0.3) is 0 Å². The summed E-state index contributed by atoms with van der Waals surface area (Å²) in [7, 11) is 0. The summed E-state index contributed by atoms with van der Waals surface area (Å²) >= 11 is 0. The molecule has 1 rings (SSSR count). The normalized spacial score (nSPS) is 11.2. The van der Waals surface area contributed by atoms with Crippen LogP contribution in [-0.4, -0.2) is 45.8 Å². The van der Waals surface area contributed by atoms with Crippen molar-refractivity contribution in [3.05, 3.63) is 29.8 Å². The smallest absolute Gasteiger partial charge is 0.326 e. The second-order valence-corrected chi connectivity index (χ2v) is 5.10. The van der Waals surface area contributed by atoms with Crippen LogP contribution in [0.15, 0.2) is 24.3 Å². The molecule has 7 N–H and O–H groups in total.